The highest BCUT2D eigenvalue weighted by Crippen LogP contribution is 2.18. The molecule has 78 valence electrons. The van der Waals surface area contributed by atoms with Crippen LogP contribution in [0.3, 0.4) is 0 Å². The molecule has 0 bridgehead atoms. The zero-order chi connectivity index (χ0) is 10.5. The number of hydrogen-bond acceptors (Lipinski definition) is 2. The van der Waals surface area contributed by atoms with Gasteiger partial charge in [0.15, 0.2) is 0 Å². The molecule has 0 aliphatic heterocycles. The Balaban J connectivity index is 4.39. The Hall–Kier alpha value is -0.123. The van der Waals surface area contributed by atoms with E-state index in [0.29, 0.717) is 0 Å². The molecule has 2 nitrogen and oxygen atoms in total. The molecule has 0 N–H and O–H groups in total. The van der Waals surface area contributed by atoms with Crippen molar-refractivity contribution in [2.24, 2.45) is 0 Å². The van der Waals surface area contributed by atoms with Crippen molar-refractivity contribution in [1.82, 2.24) is 0 Å². The Bertz CT molecular complexity index is 145. The summed E-state index contributed by atoms with van der Waals surface area (Å²) in [5.41, 5.74) is 1.88. The average molecular weight is 202 g/mol. The zero-order valence-corrected chi connectivity index (χ0v) is 10.5. The Labute approximate surface area is 83.2 Å². The van der Waals surface area contributed by atoms with Crippen LogP contribution in [0.1, 0.15) is 34.6 Å². The molecule has 3 heteroatoms. The van der Waals surface area contributed by atoms with Crippen molar-refractivity contribution in [3.8, 4) is 0 Å². The fraction of sp³-hybridized carbons (Fsp3) is 0.800. The summed E-state index contributed by atoms with van der Waals surface area (Å²) in [4.78, 5) is 0. The first-order valence-corrected chi connectivity index (χ1v) is 7.05. The smallest absolute Gasteiger partial charge is 0.364 e. The van der Waals surface area contributed by atoms with E-state index in [1.54, 1.807) is 0 Å². The largest absolute Gasteiger partial charge is 0.389 e. The second-order valence-corrected chi connectivity index (χ2v) is 6.91. The molecule has 0 aromatic rings. The van der Waals surface area contributed by atoms with Gasteiger partial charge in [0, 0.05) is 12.2 Å². The Morgan fingerprint density at radius 3 is 1.69 bits per heavy atom. The molecule has 0 heterocycles. The highest BCUT2D eigenvalue weighted by Gasteiger charge is 2.34. The van der Waals surface area contributed by atoms with Gasteiger partial charge in [-0.15, -0.1) is 6.58 Å². The predicted octanol–water partition coefficient (Wildman–Crippen LogP) is 3.02. The topological polar surface area (TPSA) is 18.5 Å². The van der Waals surface area contributed by atoms with E-state index in [0.717, 1.165) is 6.04 Å². The normalized spacial score (nSPS) is 12.5. The van der Waals surface area contributed by atoms with Gasteiger partial charge in [0.2, 0.25) is 0 Å². The summed E-state index contributed by atoms with van der Waals surface area (Å²) in [5.74, 6) is 0. The van der Waals surface area contributed by atoms with Gasteiger partial charge in [-0.3, -0.25) is 0 Å². The summed E-state index contributed by atoms with van der Waals surface area (Å²) >= 11 is 0. The molecule has 0 aliphatic carbocycles. The van der Waals surface area contributed by atoms with Gasteiger partial charge < -0.3 is 8.85 Å². The summed E-state index contributed by atoms with van der Waals surface area (Å²) in [7, 11) is -2.11. The summed E-state index contributed by atoms with van der Waals surface area (Å²) in [6.07, 6.45) is 0.423. The number of hydrogen-bond donors (Lipinski definition) is 0. The standard InChI is InChI=1S/C10H22O2Si/c1-7-13(8-2,11-9(3)4)12-10(5)6/h7,9-10H,1,8H2,2-6H3. The molecule has 0 aliphatic rings. The van der Waals surface area contributed by atoms with Crippen LogP contribution in [-0.4, -0.2) is 20.8 Å². The molecular weight excluding hydrogens is 180 g/mol. The van der Waals surface area contributed by atoms with E-state index in [2.05, 4.69) is 13.5 Å². The predicted molar refractivity (Wildman–Crippen MR) is 58.9 cm³/mol. The number of rotatable bonds is 6. The lowest BCUT2D eigenvalue weighted by atomic mass is 10.5. The second kappa shape index (κ2) is 5.57. The van der Waals surface area contributed by atoms with Crippen LogP contribution in [0.2, 0.25) is 6.04 Å². The van der Waals surface area contributed by atoms with Gasteiger partial charge in [0.1, 0.15) is 0 Å². The molecule has 0 saturated heterocycles. The van der Waals surface area contributed by atoms with E-state index >= 15 is 0 Å². The summed E-state index contributed by atoms with van der Waals surface area (Å²) in [6.45, 7) is 14.0. The van der Waals surface area contributed by atoms with Crippen LogP contribution < -0.4 is 0 Å². The first kappa shape index (κ1) is 12.9. The minimum atomic E-state index is -2.11. The first-order chi connectivity index (χ1) is 5.95. The molecule has 13 heavy (non-hydrogen) atoms. The Morgan fingerprint density at radius 2 is 1.54 bits per heavy atom. The molecule has 0 aromatic carbocycles. The average Bonchev–Trinajstić information content (AvgIpc) is 2.01. The van der Waals surface area contributed by atoms with E-state index in [-0.39, 0.29) is 12.2 Å². The van der Waals surface area contributed by atoms with Gasteiger partial charge >= 0.3 is 8.56 Å². The molecule has 0 spiro atoms. The Morgan fingerprint density at radius 1 is 1.15 bits per heavy atom. The van der Waals surface area contributed by atoms with Crippen LogP contribution in [0.5, 0.6) is 0 Å². The van der Waals surface area contributed by atoms with E-state index < -0.39 is 8.56 Å². The van der Waals surface area contributed by atoms with E-state index in [9.17, 15) is 0 Å². The fourth-order valence-electron chi connectivity index (χ4n) is 1.23. The molecular formula is C10H22O2Si. The molecule has 0 unspecified atom stereocenters. The maximum atomic E-state index is 5.85. The van der Waals surface area contributed by atoms with E-state index in [1.165, 1.54) is 0 Å². The van der Waals surface area contributed by atoms with Gasteiger partial charge in [-0.25, -0.2) is 0 Å². The highest BCUT2D eigenvalue weighted by molar-refractivity contribution is 6.72. The maximum absolute atomic E-state index is 5.85. The molecule has 0 radical (unpaired) electrons. The zero-order valence-electron chi connectivity index (χ0n) is 9.46. The summed E-state index contributed by atoms with van der Waals surface area (Å²) in [5, 5.41) is 0. The minimum absolute atomic E-state index is 0.211. The fourth-order valence-corrected chi connectivity index (χ4v) is 3.70. The summed E-state index contributed by atoms with van der Waals surface area (Å²) in [6, 6.07) is 0.923. The third kappa shape index (κ3) is 4.60. The van der Waals surface area contributed by atoms with Gasteiger partial charge in [-0.05, 0) is 39.4 Å². The molecule has 0 amide bonds. The minimum Gasteiger partial charge on any atom is -0.389 e. The van der Waals surface area contributed by atoms with Gasteiger partial charge in [-0.1, -0.05) is 6.92 Å². The van der Waals surface area contributed by atoms with Crippen molar-refractivity contribution in [3.05, 3.63) is 12.3 Å². The molecule has 0 fully saturated rings. The SMILES string of the molecule is C=C[Si](CC)(OC(C)C)OC(C)C. The van der Waals surface area contributed by atoms with Gasteiger partial charge in [0.05, 0.1) is 0 Å². The van der Waals surface area contributed by atoms with Crippen molar-refractivity contribution < 1.29 is 8.85 Å². The lowest BCUT2D eigenvalue weighted by Crippen LogP contribution is -2.43. The van der Waals surface area contributed by atoms with Crippen LogP contribution in [0.4, 0.5) is 0 Å². The lowest BCUT2D eigenvalue weighted by Gasteiger charge is -2.30. The Kier molecular flexibility index (Phi) is 5.52. The molecule has 0 aromatic heterocycles. The lowest BCUT2D eigenvalue weighted by molar-refractivity contribution is 0.115. The van der Waals surface area contributed by atoms with Crippen LogP contribution in [0.25, 0.3) is 0 Å². The second-order valence-electron chi connectivity index (χ2n) is 3.70. The van der Waals surface area contributed by atoms with Crippen molar-refractivity contribution in [1.29, 1.82) is 0 Å². The van der Waals surface area contributed by atoms with Crippen molar-refractivity contribution in [2.75, 3.05) is 0 Å². The van der Waals surface area contributed by atoms with E-state index in [1.807, 2.05) is 33.4 Å². The quantitative estimate of drug-likeness (QED) is 0.616. The molecule has 0 atom stereocenters. The van der Waals surface area contributed by atoms with E-state index in [4.69, 9.17) is 8.85 Å². The van der Waals surface area contributed by atoms with Crippen LogP contribution in [0.15, 0.2) is 12.3 Å². The van der Waals surface area contributed by atoms with Gasteiger partial charge in [0.25, 0.3) is 0 Å². The van der Waals surface area contributed by atoms with Gasteiger partial charge in [-0.2, -0.15) is 0 Å². The monoisotopic (exact) mass is 202 g/mol. The third-order valence-corrected chi connectivity index (χ3v) is 5.02. The van der Waals surface area contributed by atoms with Crippen molar-refractivity contribution in [2.45, 2.75) is 52.9 Å². The van der Waals surface area contributed by atoms with Crippen molar-refractivity contribution in [3.63, 3.8) is 0 Å². The molecule has 0 saturated carbocycles. The third-order valence-electron chi connectivity index (χ3n) is 1.67. The highest BCUT2D eigenvalue weighted by atomic mass is 28.4. The maximum Gasteiger partial charge on any atom is 0.364 e. The van der Waals surface area contributed by atoms with Crippen molar-refractivity contribution >= 4 is 8.56 Å². The summed E-state index contributed by atoms with van der Waals surface area (Å²) < 4.78 is 11.7. The van der Waals surface area contributed by atoms with Crippen LogP contribution in [0, 0.1) is 0 Å². The first-order valence-electron chi connectivity index (χ1n) is 4.95. The van der Waals surface area contributed by atoms with Crippen LogP contribution >= 0.6 is 0 Å². The van der Waals surface area contributed by atoms with Crippen LogP contribution in [-0.2, 0) is 8.85 Å². The molecule has 0 rings (SSSR count).